The highest BCUT2D eigenvalue weighted by molar-refractivity contribution is 5.94. The predicted octanol–water partition coefficient (Wildman–Crippen LogP) is 3.95. The zero-order valence-corrected chi connectivity index (χ0v) is 17.4. The van der Waals surface area contributed by atoms with E-state index in [4.69, 9.17) is 0 Å². The number of carbonyl (C=O) groups is 1. The van der Waals surface area contributed by atoms with Gasteiger partial charge in [-0.2, -0.15) is 5.10 Å². The molecular formula is C24H22FN5O2. The lowest BCUT2D eigenvalue weighted by Gasteiger charge is -2.21. The third-order valence-electron chi connectivity index (χ3n) is 5.03. The molecule has 0 spiro atoms. The van der Waals surface area contributed by atoms with Crippen LogP contribution in [-0.4, -0.2) is 20.4 Å². The number of pyridine rings is 1. The van der Waals surface area contributed by atoms with Gasteiger partial charge in [-0.15, -0.1) is 0 Å². The molecule has 0 saturated carbocycles. The van der Waals surface area contributed by atoms with Gasteiger partial charge in [0.1, 0.15) is 5.82 Å². The summed E-state index contributed by atoms with van der Waals surface area (Å²) < 4.78 is 17.0. The molecule has 0 aliphatic carbocycles. The molecule has 2 heterocycles. The molecule has 1 atom stereocenters. The number of rotatable bonds is 6. The van der Waals surface area contributed by atoms with E-state index in [1.165, 1.54) is 28.8 Å². The van der Waals surface area contributed by atoms with E-state index in [1.807, 2.05) is 30.3 Å². The van der Waals surface area contributed by atoms with Gasteiger partial charge in [0.2, 0.25) is 0 Å². The van der Waals surface area contributed by atoms with Crippen molar-refractivity contribution in [1.29, 1.82) is 0 Å². The molecule has 2 amide bonds. The predicted molar refractivity (Wildman–Crippen MR) is 121 cm³/mol. The molecule has 0 bridgehead atoms. The summed E-state index contributed by atoms with van der Waals surface area (Å²) in [6.07, 6.45) is 5.03. The smallest absolute Gasteiger partial charge is 0.319 e. The van der Waals surface area contributed by atoms with E-state index in [2.05, 4.69) is 15.7 Å². The molecule has 1 unspecified atom stereocenters. The van der Waals surface area contributed by atoms with E-state index in [-0.39, 0.29) is 12.1 Å². The van der Waals surface area contributed by atoms with Gasteiger partial charge in [-0.1, -0.05) is 36.4 Å². The van der Waals surface area contributed by atoms with Crippen LogP contribution in [0, 0.1) is 5.82 Å². The fraction of sp³-hybridized carbons (Fsp3) is 0.125. The Labute approximate surface area is 184 Å². The average molecular weight is 431 g/mol. The van der Waals surface area contributed by atoms with Crippen LogP contribution in [0.25, 0.3) is 11.1 Å². The maximum absolute atomic E-state index is 13.9. The molecule has 7 nitrogen and oxygen atoms in total. The minimum absolute atomic E-state index is 0.159. The van der Waals surface area contributed by atoms with Crippen LogP contribution in [0.5, 0.6) is 0 Å². The van der Waals surface area contributed by atoms with Crippen molar-refractivity contribution in [3.63, 3.8) is 0 Å². The fourth-order valence-electron chi connectivity index (χ4n) is 3.47. The highest BCUT2D eigenvalue weighted by atomic mass is 19.1. The first kappa shape index (κ1) is 21.0. The van der Waals surface area contributed by atoms with E-state index in [0.29, 0.717) is 16.8 Å². The summed E-state index contributed by atoms with van der Waals surface area (Å²) in [5, 5.41) is 9.86. The monoisotopic (exact) mass is 431 g/mol. The first-order valence-corrected chi connectivity index (χ1v) is 10.1. The number of anilines is 1. The summed E-state index contributed by atoms with van der Waals surface area (Å²) >= 11 is 0. The first-order chi connectivity index (χ1) is 15.5. The standard InChI is InChI=1S/C24H22FN5O2/c1-29-15-18(14-26-29)20-13-19(25)10-11-21(20)27-24(32)28-22(17-7-3-2-4-8-17)16-30-12-6-5-9-23(30)31/h2-15,22H,16H2,1H3,(H2,27,28,32). The molecule has 2 aromatic heterocycles. The summed E-state index contributed by atoms with van der Waals surface area (Å²) in [5.41, 5.74) is 2.33. The third kappa shape index (κ3) is 4.92. The Hall–Kier alpha value is -4.20. The Morgan fingerprint density at radius 1 is 1.09 bits per heavy atom. The molecule has 32 heavy (non-hydrogen) atoms. The quantitative estimate of drug-likeness (QED) is 0.485. The summed E-state index contributed by atoms with van der Waals surface area (Å²) in [4.78, 5) is 25.1. The average Bonchev–Trinajstić information content (AvgIpc) is 3.22. The van der Waals surface area contributed by atoms with Crippen molar-refractivity contribution >= 4 is 11.7 Å². The molecule has 0 aliphatic heterocycles. The number of nitrogens with one attached hydrogen (secondary N) is 2. The number of hydrogen-bond donors (Lipinski definition) is 2. The van der Waals surface area contributed by atoms with Crippen molar-refractivity contribution < 1.29 is 9.18 Å². The van der Waals surface area contributed by atoms with Crippen LogP contribution in [0.2, 0.25) is 0 Å². The van der Waals surface area contributed by atoms with E-state index in [1.54, 1.807) is 42.5 Å². The molecule has 0 fully saturated rings. The molecular weight excluding hydrogens is 409 g/mol. The van der Waals surface area contributed by atoms with Gasteiger partial charge in [-0.3, -0.25) is 9.48 Å². The Balaban J connectivity index is 1.58. The lowest BCUT2D eigenvalue weighted by molar-refractivity contribution is 0.247. The number of hydrogen-bond acceptors (Lipinski definition) is 3. The van der Waals surface area contributed by atoms with Crippen LogP contribution < -0.4 is 16.2 Å². The van der Waals surface area contributed by atoms with Crippen LogP contribution in [0.3, 0.4) is 0 Å². The van der Waals surface area contributed by atoms with Crippen molar-refractivity contribution in [2.45, 2.75) is 12.6 Å². The topological polar surface area (TPSA) is 81.0 Å². The largest absolute Gasteiger partial charge is 0.329 e. The molecule has 8 heteroatoms. The van der Waals surface area contributed by atoms with Crippen molar-refractivity contribution in [3.8, 4) is 11.1 Å². The molecule has 0 saturated heterocycles. The lowest BCUT2D eigenvalue weighted by atomic mass is 10.1. The van der Waals surface area contributed by atoms with E-state index in [9.17, 15) is 14.0 Å². The Morgan fingerprint density at radius 3 is 2.59 bits per heavy atom. The Kier molecular flexibility index (Phi) is 6.12. The second kappa shape index (κ2) is 9.30. The molecule has 2 aromatic carbocycles. The Morgan fingerprint density at radius 2 is 1.88 bits per heavy atom. The summed E-state index contributed by atoms with van der Waals surface area (Å²) in [5.74, 6) is -0.416. The van der Waals surface area contributed by atoms with Crippen molar-refractivity contribution in [2.24, 2.45) is 7.05 Å². The number of urea groups is 1. The molecule has 2 N–H and O–H groups in total. The van der Waals surface area contributed by atoms with Crippen LogP contribution in [-0.2, 0) is 13.6 Å². The number of halogens is 1. The molecule has 4 aromatic rings. The van der Waals surface area contributed by atoms with E-state index >= 15 is 0 Å². The van der Waals surface area contributed by atoms with Crippen molar-refractivity contribution in [3.05, 3.63) is 107 Å². The first-order valence-electron chi connectivity index (χ1n) is 10.1. The zero-order chi connectivity index (χ0) is 22.5. The Bertz CT molecular complexity index is 1280. The summed E-state index contributed by atoms with van der Waals surface area (Å²) in [6.45, 7) is 0.260. The molecule has 4 rings (SSSR count). The SMILES string of the molecule is Cn1cc(-c2cc(F)ccc2NC(=O)NC(Cn2ccccc2=O)c2ccccc2)cn1. The highest BCUT2D eigenvalue weighted by Crippen LogP contribution is 2.28. The number of amides is 2. The van der Waals surface area contributed by atoms with E-state index in [0.717, 1.165) is 5.56 Å². The molecule has 162 valence electrons. The number of nitrogens with zero attached hydrogens (tertiary/aromatic N) is 3. The zero-order valence-electron chi connectivity index (χ0n) is 17.4. The van der Waals surface area contributed by atoms with Crippen LogP contribution >= 0.6 is 0 Å². The van der Waals surface area contributed by atoms with E-state index < -0.39 is 17.9 Å². The number of aromatic nitrogens is 3. The minimum atomic E-state index is -0.473. The summed E-state index contributed by atoms with van der Waals surface area (Å²) in [6, 6.07) is 17.5. The van der Waals surface area contributed by atoms with Gasteiger partial charge in [-0.05, 0) is 29.8 Å². The normalized spacial score (nSPS) is 11.7. The lowest BCUT2D eigenvalue weighted by Crippen LogP contribution is -2.36. The number of benzene rings is 2. The summed E-state index contributed by atoms with van der Waals surface area (Å²) in [7, 11) is 1.76. The number of aryl methyl sites for hydroxylation is 1. The molecule has 0 radical (unpaired) electrons. The van der Waals surface area contributed by atoms with Gasteiger partial charge in [0.05, 0.1) is 24.5 Å². The van der Waals surface area contributed by atoms with Crippen LogP contribution in [0.1, 0.15) is 11.6 Å². The van der Waals surface area contributed by atoms with Crippen LogP contribution in [0.4, 0.5) is 14.9 Å². The van der Waals surface area contributed by atoms with Gasteiger partial charge < -0.3 is 15.2 Å². The highest BCUT2D eigenvalue weighted by Gasteiger charge is 2.17. The second-order valence-corrected chi connectivity index (χ2v) is 7.35. The van der Waals surface area contributed by atoms with Crippen molar-refractivity contribution in [2.75, 3.05) is 5.32 Å². The van der Waals surface area contributed by atoms with Crippen LogP contribution in [0.15, 0.2) is 90.1 Å². The second-order valence-electron chi connectivity index (χ2n) is 7.35. The molecule has 0 aliphatic rings. The minimum Gasteiger partial charge on any atom is -0.329 e. The third-order valence-corrected chi connectivity index (χ3v) is 5.03. The maximum Gasteiger partial charge on any atom is 0.319 e. The van der Waals surface area contributed by atoms with Gasteiger partial charge in [0.15, 0.2) is 0 Å². The maximum atomic E-state index is 13.9. The van der Waals surface area contributed by atoms with Crippen molar-refractivity contribution in [1.82, 2.24) is 19.7 Å². The fourth-order valence-corrected chi connectivity index (χ4v) is 3.47. The van der Waals surface area contributed by atoms with Gasteiger partial charge in [0.25, 0.3) is 5.56 Å². The van der Waals surface area contributed by atoms with Gasteiger partial charge >= 0.3 is 6.03 Å². The van der Waals surface area contributed by atoms with Gasteiger partial charge in [-0.25, -0.2) is 9.18 Å². The van der Waals surface area contributed by atoms with Gasteiger partial charge in [0, 0.05) is 36.6 Å². The number of carbonyl (C=O) groups excluding carboxylic acids is 1.